The van der Waals surface area contributed by atoms with E-state index in [1.165, 1.54) is 12.4 Å². The van der Waals surface area contributed by atoms with Crippen molar-refractivity contribution in [1.29, 1.82) is 0 Å². The van der Waals surface area contributed by atoms with E-state index in [9.17, 15) is 13.2 Å². The second-order valence-corrected chi connectivity index (χ2v) is 3.20. The molecule has 0 aliphatic rings. The minimum absolute atomic E-state index is 0.0175. The number of alkyl halides is 3. The number of nitrogens with one attached hydrogen (secondary N) is 1. The van der Waals surface area contributed by atoms with Crippen LogP contribution in [0, 0.1) is 0 Å². The largest absolute Gasteiger partial charge is 0.389 e. The van der Waals surface area contributed by atoms with Crippen LogP contribution >= 0.6 is 11.6 Å². The van der Waals surface area contributed by atoms with Crippen LogP contribution in [0.25, 0.3) is 0 Å². The van der Waals surface area contributed by atoms with E-state index in [0.717, 1.165) is 0 Å². The Morgan fingerprint density at radius 2 is 1.93 bits per heavy atom. The zero-order valence-corrected chi connectivity index (χ0v) is 8.44. The quantitative estimate of drug-likeness (QED) is 0.821. The van der Waals surface area contributed by atoms with Gasteiger partial charge in [-0.05, 0) is 6.42 Å². The van der Waals surface area contributed by atoms with Crippen molar-refractivity contribution in [2.45, 2.75) is 19.0 Å². The van der Waals surface area contributed by atoms with Gasteiger partial charge in [-0.25, -0.2) is 9.97 Å². The molecule has 0 bridgehead atoms. The second kappa shape index (κ2) is 5.16. The fourth-order valence-electron chi connectivity index (χ4n) is 0.935. The highest BCUT2D eigenvalue weighted by Gasteiger charge is 2.25. The molecule has 0 amide bonds. The van der Waals surface area contributed by atoms with Crippen LogP contribution in [0.3, 0.4) is 0 Å². The molecule has 0 aromatic carbocycles. The minimum Gasteiger partial charge on any atom is -0.368 e. The summed E-state index contributed by atoms with van der Waals surface area (Å²) in [6.45, 7) is 0.165. The molecule has 1 heterocycles. The fourth-order valence-corrected chi connectivity index (χ4v) is 1.11. The Bertz CT molecular complexity index is 316. The van der Waals surface area contributed by atoms with Crippen molar-refractivity contribution in [3.8, 4) is 0 Å². The van der Waals surface area contributed by atoms with Gasteiger partial charge in [0.1, 0.15) is 0 Å². The molecule has 15 heavy (non-hydrogen) atoms. The summed E-state index contributed by atoms with van der Waals surface area (Å²) in [5, 5.41) is 2.84. The number of hydrogen-bond acceptors (Lipinski definition) is 3. The molecule has 0 fully saturated rings. The van der Waals surface area contributed by atoms with Gasteiger partial charge < -0.3 is 5.32 Å². The van der Waals surface area contributed by atoms with Gasteiger partial charge in [-0.1, -0.05) is 11.6 Å². The van der Waals surface area contributed by atoms with Crippen LogP contribution in [0.5, 0.6) is 0 Å². The standard InChI is InChI=1S/C8H9ClF3N3/c9-6-7(15-5-4-13-6)14-3-1-2-8(10,11)12/h4-5H,1-3H2,(H,14,15). The molecular formula is C8H9ClF3N3. The predicted molar refractivity (Wildman–Crippen MR) is 50.8 cm³/mol. The Labute approximate surface area is 89.7 Å². The van der Waals surface area contributed by atoms with Gasteiger partial charge in [-0.2, -0.15) is 13.2 Å². The third-order valence-corrected chi connectivity index (χ3v) is 1.86. The molecule has 7 heteroatoms. The summed E-state index contributed by atoms with van der Waals surface area (Å²) in [5.41, 5.74) is 0. The predicted octanol–water partition coefficient (Wildman–Crippen LogP) is 2.88. The van der Waals surface area contributed by atoms with Crippen LogP contribution in [0.2, 0.25) is 5.15 Å². The molecule has 3 nitrogen and oxygen atoms in total. The maximum absolute atomic E-state index is 11.8. The number of aromatic nitrogens is 2. The number of hydrogen-bond donors (Lipinski definition) is 1. The zero-order chi connectivity index (χ0) is 11.3. The molecular weight excluding hydrogens is 231 g/mol. The molecule has 1 aromatic rings. The zero-order valence-electron chi connectivity index (χ0n) is 7.68. The average molecular weight is 240 g/mol. The van der Waals surface area contributed by atoms with Crippen molar-refractivity contribution in [1.82, 2.24) is 9.97 Å². The number of anilines is 1. The van der Waals surface area contributed by atoms with E-state index in [4.69, 9.17) is 11.6 Å². The number of halogens is 4. The van der Waals surface area contributed by atoms with E-state index in [2.05, 4.69) is 15.3 Å². The Morgan fingerprint density at radius 1 is 1.27 bits per heavy atom. The monoisotopic (exact) mass is 239 g/mol. The highest BCUT2D eigenvalue weighted by atomic mass is 35.5. The summed E-state index contributed by atoms with van der Waals surface area (Å²) in [6.07, 6.45) is -2.14. The van der Waals surface area contributed by atoms with Gasteiger partial charge in [0.25, 0.3) is 0 Å². The van der Waals surface area contributed by atoms with Crippen LogP contribution in [-0.2, 0) is 0 Å². The average Bonchev–Trinajstić information content (AvgIpc) is 2.13. The molecule has 1 rings (SSSR count). The first kappa shape index (κ1) is 12.0. The van der Waals surface area contributed by atoms with Gasteiger partial charge in [0.15, 0.2) is 11.0 Å². The third-order valence-electron chi connectivity index (χ3n) is 1.58. The van der Waals surface area contributed by atoms with Crippen molar-refractivity contribution in [3.63, 3.8) is 0 Å². The Kier molecular flexibility index (Phi) is 4.14. The van der Waals surface area contributed by atoms with Gasteiger partial charge in [-0.3, -0.25) is 0 Å². The molecule has 0 unspecified atom stereocenters. The lowest BCUT2D eigenvalue weighted by molar-refractivity contribution is -0.134. The van der Waals surface area contributed by atoms with Crippen LogP contribution in [0.1, 0.15) is 12.8 Å². The van der Waals surface area contributed by atoms with Gasteiger partial charge in [0.05, 0.1) is 0 Å². The molecule has 0 saturated carbocycles. The molecule has 0 aliphatic heterocycles. The highest BCUT2D eigenvalue weighted by Crippen LogP contribution is 2.21. The lowest BCUT2D eigenvalue weighted by Crippen LogP contribution is -2.11. The van der Waals surface area contributed by atoms with Gasteiger partial charge >= 0.3 is 6.18 Å². The van der Waals surface area contributed by atoms with Crippen molar-refractivity contribution in [2.24, 2.45) is 0 Å². The summed E-state index contributed by atoms with van der Waals surface area (Å²) in [4.78, 5) is 7.55. The third kappa shape index (κ3) is 4.83. The van der Waals surface area contributed by atoms with E-state index >= 15 is 0 Å². The van der Waals surface area contributed by atoms with E-state index in [1.54, 1.807) is 0 Å². The molecule has 0 saturated heterocycles. The van der Waals surface area contributed by atoms with E-state index in [0.29, 0.717) is 5.82 Å². The lowest BCUT2D eigenvalue weighted by Gasteiger charge is -2.07. The van der Waals surface area contributed by atoms with Crippen molar-refractivity contribution in [3.05, 3.63) is 17.5 Å². The first-order chi connectivity index (χ1) is 6.99. The molecule has 0 atom stereocenters. The first-order valence-electron chi connectivity index (χ1n) is 4.26. The summed E-state index contributed by atoms with van der Waals surface area (Å²) in [7, 11) is 0. The normalized spacial score (nSPS) is 11.5. The van der Waals surface area contributed by atoms with Gasteiger partial charge in [0, 0.05) is 25.4 Å². The minimum atomic E-state index is -4.12. The maximum atomic E-state index is 11.8. The summed E-state index contributed by atoms with van der Waals surface area (Å²) < 4.78 is 35.3. The molecule has 1 aromatic heterocycles. The van der Waals surface area contributed by atoms with E-state index in [1.807, 2.05) is 0 Å². The molecule has 0 spiro atoms. The van der Waals surface area contributed by atoms with Crippen LogP contribution in [0.15, 0.2) is 12.4 Å². The Hall–Kier alpha value is -1.04. The first-order valence-corrected chi connectivity index (χ1v) is 4.64. The fraction of sp³-hybridized carbons (Fsp3) is 0.500. The summed E-state index contributed by atoms with van der Waals surface area (Å²) >= 11 is 5.63. The van der Waals surface area contributed by atoms with Gasteiger partial charge in [-0.15, -0.1) is 0 Å². The smallest absolute Gasteiger partial charge is 0.368 e. The van der Waals surface area contributed by atoms with Crippen LogP contribution in [0.4, 0.5) is 19.0 Å². The Balaban J connectivity index is 2.30. The van der Waals surface area contributed by atoms with Crippen molar-refractivity contribution >= 4 is 17.4 Å². The second-order valence-electron chi connectivity index (χ2n) is 2.84. The molecule has 0 aliphatic carbocycles. The topological polar surface area (TPSA) is 37.8 Å². The Morgan fingerprint density at radius 3 is 2.53 bits per heavy atom. The maximum Gasteiger partial charge on any atom is 0.389 e. The van der Waals surface area contributed by atoms with Crippen molar-refractivity contribution < 1.29 is 13.2 Å². The van der Waals surface area contributed by atoms with E-state index in [-0.39, 0.29) is 18.1 Å². The number of nitrogens with zero attached hydrogens (tertiary/aromatic N) is 2. The van der Waals surface area contributed by atoms with Crippen LogP contribution < -0.4 is 5.32 Å². The SMILES string of the molecule is FC(F)(F)CCCNc1nccnc1Cl. The van der Waals surface area contributed by atoms with Crippen molar-refractivity contribution in [2.75, 3.05) is 11.9 Å². The van der Waals surface area contributed by atoms with Gasteiger partial charge in [0.2, 0.25) is 0 Å². The summed E-state index contributed by atoms with van der Waals surface area (Å²) in [5.74, 6) is 0.307. The number of rotatable bonds is 4. The van der Waals surface area contributed by atoms with E-state index < -0.39 is 12.6 Å². The molecule has 1 N–H and O–H groups in total. The molecule has 84 valence electrons. The lowest BCUT2D eigenvalue weighted by atomic mass is 10.3. The summed E-state index contributed by atoms with van der Waals surface area (Å²) in [6, 6.07) is 0. The molecule has 0 radical (unpaired) electrons. The van der Waals surface area contributed by atoms with Crippen LogP contribution in [-0.4, -0.2) is 22.7 Å². The highest BCUT2D eigenvalue weighted by molar-refractivity contribution is 6.31.